The molecule has 2 heteroatoms. The fraction of sp³-hybridized carbons (Fsp3) is 0.308. The molecule has 0 saturated carbocycles. The zero-order chi connectivity index (χ0) is 11.0. The van der Waals surface area contributed by atoms with Crippen molar-refractivity contribution < 1.29 is 0 Å². The van der Waals surface area contributed by atoms with E-state index in [0.29, 0.717) is 0 Å². The summed E-state index contributed by atoms with van der Waals surface area (Å²) in [5.41, 5.74) is 6.41. The molecular weight excluding hydrogens is 184 g/mol. The fourth-order valence-corrected chi connectivity index (χ4v) is 1.81. The molecule has 0 radical (unpaired) electrons. The summed E-state index contributed by atoms with van der Waals surface area (Å²) >= 11 is 0. The highest BCUT2D eigenvalue weighted by molar-refractivity contribution is 5.69. The smallest absolute Gasteiger partial charge is 0.0571 e. The van der Waals surface area contributed by atoms with Crippen LogP contribution < -0.4 is 0 Å². The van der Waals surface area contributed by atoms with Gasteiger partial charge in [-0.2, -0.15) is 5.10 Å². The Balaban J connectivity index is 2.64. The summed E-state index contributed by atoms with van der Waals surface area (Å²) in [5, 5.41) is 4.28. The molecule has 1 heterocycles. The number of benzene rings is 1. The van der Waals surface area contributed by atoms with Crippen molar-refractivity contribution in [2.75, 3.05) is 0 Å². The third-order valence-corrected chi connectivity index (χ3v) is 3.13. The Morgan fingerprint density at radius 2 is 1.80 bits per heavy atom. The molecule has 1 aromatic heterocycles. The highest BCUT2D eigenvalue weighted by Gasteiger charge is 2.09. The van der Waals surface area contributed by atoms with E-state index in [1.165, 1.54) is 27.9 Å². The molecule has 0 aliphatic rings. The van der Waals surface area contributed by atoms with Gasteiger partial charge in [-0.1, -0.05) is 18.2 Å². The average molecular weight is 200 g/mol. The van der Waals surface area contributed by atoms with E-state index in [2.05, 4.69) is 44.1 Å². The van der Waals surface area contributed by atoms with Crippen LogP contribution in [0.5, 0.6) is 0 Å². The number of hydrogen-bond acceptors (Lipinski definition) is 1. The van der Waals surface area contributed by atoms with Gasteiger partial charge in [0.05, 0.1) is 6.20 Å². The van der Waals surface area contributed by atoms with Crippen molar-refractivity contribution in [3.8, 4) is 11.1 Å². The molecule has 0 aliphatic carbocycles. The molecule has 0 N–H and O–H groups in total. The lowest BCUT2D eigenvalue weighted by atomic mass is 9.98. The Morgan fingerprint density at radius 3 is 2.40 bits per heavy atom. The van der Waals surface area contributed by atoms with Gasteiger partial charge in [-0.05, 0) is 37.5 Å². The van der Waals surface area contributed by atoms with E-state index >= 15 is 0 Å². The van der Waals surface area contributed by atoms with Crippen molar-refractivity contribution in [1.29, 1.82) is 0 Å². The maximum atomic E-state index is 4.28. The van der Waals surface area contributed by atoms with Crippen LogP contribution in [-0.2, 0) is 7.05 Å². The highest BCUT2D eigenvalue weighted by atomic mass is 15.3. The van der Waals surface area contributed by atoms with E-state index in [1.807, 2.05) is 17.9 Å². The first-order valence-corrected chi connectivity index (χ1v) is 5.16. The minimum atomic E-state index is 1.21. The van der Waals surface area contributed by atoms with Crippen LogP contribution in [0, 0.1) is 20.8 Å². The Labute approximate surface area is 90.6 Å². The standard InChI is InChI=1S/C13H16N2/c1-9-6-5-7-12(10(9)2)13-8-14-15(4)11(13)3/h5-8H,1-4H3. The summed E-state index contributed by atoms with van der Waals surface area (Å²) in [6, 6.07) is 6.40. The van der Waals surface area contributed by atoms with E-state index in [1.54, 1.807) is 0 Å². The molecule has 0 aliphatic heterocycles. The molecule has 0 fully saturated rings. The molecule has 2 rings (SSSR count). The number of rotatable bonds is 1. The van der Waals surface area contributed by atoms with Gasteiger partial charge in [0.1, 0.15) is 0 Å². The SMILES string of the molecule is Cc1cccc(-c2cnn(C)c2C)c1C. The Morgan fingerprint density at radius 1 is 1.07 bits per heavy atom. The van der Waals surface area contributed by atoms with Gasteiger partial charge in [-0.15, -0.1) is 0 Å². The molecule has 1 aromatic carbocycles. The number of aryl methyl sites for hydroxylation is 2. The van der Waals surface area contributed by atoms with Crippen LogP contribution in [0.1, 0.15) is 16.8 Å². The van der Waals surface area contributed by atoms with E-state index in [9.17, 15) is 0 Å². The van der Waals surface area contributed by atoms with Crippen molar-refractivity contribution in [1.82, 2.24) is 9.78 Å². The van der Waals surface area contributed by atoms with Gasteiger partial charge in [0.15, 0.2) is 0 Å². The second-order valence-electron chi connectivity index (χ2n) is 4.01. The van der Waals surface area contributed by atoms with Crippen LogP contribution in [0.25, 0.3) is 11.1 Å². The van der Waals surface area contributed by atoms with Crippen molar-refractivity contribution in [3.05, 3.63) is 41.2 Å². The molecule has 0 amide bonds. The van der Waals surface area contributed by atoms with Gasteiger partial charge < -0.3 is 0 Å². The average Bonchev–Trinajstić information content (AvgIpc) is 2.53. The molecule has 78 valence electrons. The summed E-state index contributed by atoms with van der Waals surface area (Å²) in [6.07, 6.45) is 1.94. The van der Waals surface area contributed by atoms with Crippen LogP contribution in [0.4, 0.5) is 0 Å². The molecule has 2 aromatic rings. The van der Waals surface area contributed by atoms with E-state index in [-0.39, 0.29) is 0 Å². The van der Waals surface area contributed by atoms with Gasteiger partial charge in [0.25, 0.3) is 0 Å². The fourth-order valence-electron chi connectivity index (χ4n) is 1.81. The Kier molecular flexibility index (Phi) is 2.35. The predicted molar refractivity (Wildman–Crippen MR) is 62.9 cm³/mol. The lowest BCUT2D eigenvalue weighted by Crippen LogP contribution is -1.93. The van der Waals surface area contributed by atoms with Crippen LogP contribution in [0.15, 0.2) is 24.4 Å². The summed E-state index contributed by atoms with van der Waals surface area (Å²) in [4.78, 5) is 0. The van der Waals surface area contributed by atoms with Gasteiger partial charge in [0, 0.05) is 18.3 Å². The van der Waals surface area contributed by atoms with Crippen molar-refractivity contribution in [3.63, 3.8) is 0 Å². The zero-order valence-electron chi connectivity index (χ0n) is 9.70. The molecule has 15 heavy (non-hydrogen) atoms. The zero-order valence-corrected chi connectivity index (χ0v) is 9.70. The third-order valence-electron chi connectivity index (χ3n) is 3.13. The first kappa shape index (κ1) is 9.97. The second kappa shape index (κ2) is 3.54. The summed E-state index contributed by atoms with van der Waals surface area (Å²) < 4.78 is 1.91. The number of aromatic nitrogens is 2. The first-order valence-electron chi connectivity index (χ1n) is 5.16. The molecular formula is C13H16N2. The second-order valence-corrected chi connectivity index (χ2v) is 4.01. The number of nitrogens with zero attached hydrogens (tertiary/aromatic N) is 2. The summed E-state index contributed by atoms with van der Waals surface area (Å²) in [5.74, 6) is 0. The van der Waals surface area contributed by atoms with Gasteiger partial charge in [-0.3, -0.25) is 4.68 Å². The minimum absolute atomic E-state index is 1.21. The van der Waals surface area contributed by atoms with Crippen LogP contribution in [-0.4, -0.2) is 9.78 Å². The molecule has 0 atom stereocenters. The van der Waals surface area contributed by atoms with E-state index in [0.717, 1.165) is 0 Å². The van der Waals surface area contributed by atoms with Crippen LogP contribution >= 0.6 is 0 Å². The molecule has 0 unspecified atom stereocenters. The van der Waals surface area contributed by atoms with Gasteiger partial charge in [-0.25, -0.2) is 0 Å². The quantitative estimate of drug-likeness (QED) is 0.692. The van der Waals surface area contributed by atoms with Crippen molar-refractivity contribution in [2.24, 2.45) is 7.05 Å². The minimum Gasteiger partial charge on any atom is -0.272 e. The summed E-state index contributed by atoms with van der Waals surface area (Å²) in [6.45, 7) is 6.41. The Bertz CT molecular complexity index is 495. The normalized spacial score (nSPS) is 10.7. The molecule has 0 spiro atoms. The summed E-state index contributed by atoms with van der Waals surface area (Å²) in [7, 11) is 1.98. The Hall–Kier alpha value is -1.57. The third kappa shape index (κ3) is 1.56. The van der Waals surface area contributed by atoms with Crippen molar-refractivity contribution in [2.45, 2.75) is 20.8 Å². The molecule has 2 nitrogen and oxygen atoms in total. The maximum Gasteiger partial charge on any atom is 0.0571 e. The van der Waals surface area contributed by atoms with Gasteiger partial charge in [0.2, 0.25) is 0 Å². The molecule has 0 bridgehead atoms. The number of hydrogen-bond donors (Lipinski definition) is 0. The lowest BCUT2D eigenvalue weighted by Gasteiger charge is -2.07. The lowest BCUT2D eigenvalue weighted by molar-refractivity contribution is 0.740. The van der Waals surface area contributed by atoms with Crippen LogP contribution in [0.2, 0.25) is 0 Å². The molecule has 0 saturated heterocycles. The maximum absolute atomic E-state index is 4.28. The van der Waals surface area contributed by atoms with Crippen LogP contribution in [0.3, 0.4) is 0 Å². The van der Waals surface area contributed by atoms with E-state index < -0.39 is 0 Å². The first-order chi connectivity index (χ1) is 7.11. The van der Waals surface area contributed by atoms with Crippen molar-refractivity contribution >= 4 is 0 Å². The predicted octanol–water partition coefficient (Wildman–Crippen LogP) is 3.01. The van der Waals surface area contributed by atoms with E-state index in [4.69, 9.17) is 0 Å². The largest absolute Gasteiger partial charge is 0.272 e. The topological polar surface area (TPSA) is 17.8 Å². The highest BCUT2D eigenvalue weighted by Crippen LogP contribution is 2.27. The van der Waals surface area contributed by atoms with Gasteiger partial charge >= 0.3 is 0 Å². The monoisotopic (exact) mass is 200 g/mol.